The fourth-order valence-corrected chi connectivity index (χ4v) is 3.47. The van der Waals surface area contributed by atoms with E-state index in [2.05, 4.69) is 26.3 Å². The van der Waals surface area contributed by atoms with Crippen molar-refractivity contribution in [1.29, 1.82) is 0 Å². The Hall–Kier alpha value is -2.24. The number of hydrogen-bond acceptors (Lipinski definition) is 5. The van der Waals surface area contributed by atoms with Crippen LogP contribution in [0.4, 0.5) is 4.79 Å². The zero-order valence-electron chi connectivity index (χ0n) is 19.9. The average Bonchev–Trinajstić information content (AvgIpc) is 2.71. The molecule has 0 heterocycles. The van der Waals surface area contributed by atoms with Crippen molar-refractivity contribution in [3.63, 3.8) is 0 Å². The van der Waals surface area contributed by atoms with Crippen LogP contribution in [0.3, 0.4) is 0 Å². The summed E-state index contributed by atoms with van der Waals surface area (Å²) < 4.78 is 5.33. The Morgan fingerprint density at radius 2 is 1.67 bits per heavy atom. The summed E-state index contributed by atoms with van der Waals surface area (Å²) in [4.78, 5) is 28.6. The highest BCUT2D eigenvalue weighted by molar-refractivity contribution is 14.0. The van der Waals surface area contributed by atoms with Crippen LogP contribution in [0.15, 0.2) is 29.3 Å². The van der Waals surface area contributed by atoms with E-state index in [1.54, 1.807) is 18.2 Å². The molecule has 1 aromatic rings. The van der Waals surface area contributed by atoms with Gasteiger partial charge in [-0.2, -0.15) is 0 Å². The summed E-state index contributed by atoms with van der Waals surface area (Å²) in [5.41, 5.74) is -0.251. The Labute approximate surface area is 213 Å². The molecule has 0 bridgehead atoms. The zero-order valence-corrected chi connectivity index (χ0v) is 22.3. The molecule has 1 aliphatic rings. The number of nitrogens with one attached hydrogen (secondary N) is 4. The molecular weight excluding hydrogens is 537 g/mol. The molecule has 0 unspecified atom stereocenters. The van der Waals surface area contributed by atoms with E-state index in [0.717, 1.165) is 32.2 Å². The molecule has 2 amide bonds. The van der Waals surface area contributed by atoms with Gasteiger partial charge in [-0.05, 0) is 65.5 Å². The van der Waals surface area contributed by atoms with Gasteiger partial charge >= 0.3 is 6.09 Å². The molecule has 9 nitrogen and oxygen atoms in total. The fraction of sp³-hybridized carbons (Fsp3) is 0.609. The first kappa shape index (κ1) is 28.8. The van der Waals surface area contributed by atoms with Gasteiger partial charge in [-0.25, -0.2) is 4.79 Å². The quantitative estimate of drug-likeness (QED) is 0.147. The number of benzene rings is 1. The van der Waals surface area contributed by atoms with Crippen LogP contribution in [-0.4, -0.2) is 60.4 Å². The number of halogens is 1. The summed E-state index contributed by atoms with van der Waals surface area (Å²) in [7, 11) is 0. The number of carbonyl (C=O) groups is 2. The van der Waals surface area contributed by atoms with Crippen LogP contribution in [0.25, 0.3) is 0 Å². The van der Waals surface area contributed by atoms with E-state index in [1.807, 2.05) is 27.7 Å². The van der Waals surface area contributed by atoms with E-state index in [4.69, 9.17) is 4.74 Å². The standard InChI is InChI=1S/C23H37N5O4.HI/c1-5-24-21(26-15-14-25-20(30)18-8-6-7-9-19(18)29)27-16-10-12-17(13-11-16)28-22(31)32-23(2,3)4;/h6-9,16-17,29H,5,10-15H2,1-4H3,(H,25,30)(H,28,31)(H2,24,26,27);1H. The van der Waals surface area contributed by atoms with Crippen LogP contribution in [0.1, 0.15) is 63.7 Å². The molecule has 1 aromatic carbocycles. The number of ether oxygens (including phenoxy) is 1. The summed E-state index contributed by atoms with van der Waals surface area (Å²) >= 11 is 0. The van der Waals surface area contributed by atoms with Gasteiger partial charge in [0.1, 0.15) is 11.4 Å². The van der Waals surface area contributed by atoms with Crippen molar-refractivity contribution in [3.05, 3.63) is 29.8 Å². The monoisotopic (exact) mass is 575 g/mol. The summed E-state index contributed by atoms with van der Waals surface area (Å²) in [6, 6.07) is 6.82. The van der Waals surface area contributed by atoms with E-state index >= 15 is 0 Å². The Morgan fingerprint density at radius 3 is 2.24 bits per heavy atom. The van der Waals surface area contributed by atoms with Gasteiger partial charge < -0.3 is 31.1 Å². The number of carbonyl (C=O) groups excluding carboxylic acids is 2. The molecule has 0 spiro atoms. The molecule has 10 heteroatoms. The van der Waals surface area contributed by atoms with Crippen molar-refractivity contribution < 1.29 is 19.4 Å². The van der Waals surface area contributed by atoms with Gasteiger partial charge in [0.05, 0.1) is 12.1 Å². The van der Waals surface area contributed by atoms with Crippen LogP contribution in [0.5, 0.6) is 5.75 Å². The zero-order chi connectivity index (χ0) is 23.6. The number of guanidine groups is 1. The topological polar surface area (TPSA) is 124 Å². The second kappa shape index (κ2) is 14.1. The summed E-state index contributed by atoms with van der Waals surface area (Å²) in [6.45, 7) is 9.05. The highest BCUT2D eigenvalue weighted by Crippen LogP contribution is 2.19. The predicted molar refractivity (Wildman–Crippen MR) is 140 cm³/mol. The number of hydrogen-bond donors (Lipinski definition) is 5. The number of rotatable bonds is 7. The molecule has 0 saturated heterocycles. The number of para-hydroxylation sites is 1. The lowest BCUT2D eigenvalue weighted by molar-refractivity contribution is 0.0490. The van der Waals surface area contributed by atoms with Crippen molar-refractivity contribution in [2.45, 2.75) is 71.1 Å². The molecule has 0 atom stereocenters. The molecule has 2 rings (SSSR count). The van der Waals surface area contributed by atoms with Gasteiger partial charge in [0, 0.05) is 25.2 Å². The van der Waals surface area contributed by atoms with Crippen molar-refractivity contribution >= 4 is 41.9 Å². The normalized spacial score (nSPS) is 18.5. The highest BCUT2D eigenvalue weighted by atomic mass is 127. The summed E-state index contributed by atoms with van der Waals surface area (Å²) in [6.07, 6.45) is 3.19. The second-order valence-corrected chi connectivity index (χ2v) is 8.87. The third kappa shape index (κ3) is 11.0. The first-order chi connectivity index (χ1) is 15.2. The lowest BCUT2D eigenvalue weighted by atomic mass is 9.91. The van der Waals surface area contributed by atoms with Crippen LogP contribution in [-0.2, 0) is 4.74 Å². The maximum Gasteiger partial charge on any atom is 0.407 e. The number of amides is 2. The number of aliphatic imine (C=N–C) groups is 1. The molecule has 0 radical (unpaired) electrons. The Kier molecular flexibility index (Phi) is 12.3. The minimum absolute atomic E-state index is 0. The molecule has 186 valence electrons. The molecule has 1 fully saturated rings. The van der Waals surface area contributed by atoms with E-state index in [1.165, 1.54) is 6.07 Å². The van der Waals surface area contributed by atoms with Gasteiger partial charge in [-0.3, -0.25) is 9.79 Å². The lowest BCUT2D eigenvalue weighted by Gasteiger charge is -2.31. The van der Waals surface area contributed by atoms with Crippen LogP contribution in [0, 0.1) is 0 Å². The second-order valence-electron chi connectivity index (χ2n) is 8.87. The fourth-order valence-electron chi connectivity index (χ4n) is 3.47. The van der Waals surface area contributed by atoms with Gasteiger partial charge in [0.15, 0.2) is 5.96 Å². The molecule has 33 heavy (non-hydrogen) atoms. The Balaban J connectivity index is 0.00000544. The van der Waals surface area contributed by atoms with Gasteiger partial charge in [0.25, 0.3) is 5.91 Å². The van der Waals surface area contributed by atoms with Crippen LogP contribution < -0.4 is 21.3 Å². The number of phenolic OH excluding ortho intramolecular Hbond substituents is 1. The van der Waals surface area contributed by atoms with E-state index in [9.17, 15) is 14.7 Å². The van der Waals surface area contributed by atoms with Crippen molar-refractivity contribution in [2.24, 2.45) is 4.99 Å². The summed E-state index contributed by atoms with van der Waals surface area (Å²) in [5.74, 6) is 0.334. The predicted octanol–water partition coefficient (Wildman–Crippen LogP) is 3.13. The SMILES string of the molecule is CCNC(=NCCNC(=O)c1ccccc1O)NC1CCC(NC(=O)OC(C)(C)C)CC1.I. The van der Waals surface area contributed by atoms with Gasteiger partial charge in [-0.1, -0.05) is 12.1 Å². The minimum atomic E-state index is -0.499. The van der Waals surface area contributed by atoms with Crippen molar-refractivity contribution in [1.82, 2.24) is 21.3 Å². The molecule has 0 aromatic heterocycles. The van der Waals surface area contributed by atoms with E-state index < -0.39 is 5.60 Å². The molecule has 0 aliphatic heterocycles. The average molecular weight is 575 g/mol. The smallest absolute Gasteiger partial charge is 0.407 e. The third-order valence-corrected chi connectivity index (χ3v) is 4.95. The third-order valence-electron chi connectivity index (χ3n) is 4.95. The molecular formula is C23H38IN5O4. The first-order valence-corrected chi connectivity index (χ1v) is 11.3. The minimum Gasteiger partial charge on any atom is -0.507 e. The van der Waals surface area contributed by atoms with E-state index in [-0.39, 0.29) is 59.4 Å². The largest absolute Gasteiger partial charge is 0.507 e. The molecule has 5 N–H and O–H groups in total. The Morgan fingerprint density at radius 1 is 1.06 bits per heavy atom. The molecule has 1 aliphatic carbocycles. The highest BCUT2D eigenvalue weighted by Gasteiger charge is 2.25. The number of alkyl carbamates (subject to hydrolysis) is 1. The van der Waals surface area contributed by atoms with Crippen LogP contribution in [0.2, 0.25) is 0 Å². The number of nitrogens with zero attached hydrogens (tertiary/aromatic N) is 1. The first-order valence-electron chi connectivity index (χ1n) is 11.3. The van der Waals surface area contributed by atoms with Crippen molar-refractivity contribution in [3.8, 4) is 5.75 Å². The van der Waals surface area contributed by atoms with Gasteiger partial charge in [0.2, 0.25) is 0 Å². The van der Waals surface area contributed by atoms with E-state index in [0.29, 0.717) is 19.0 Å². The lowest BCUT2D eigenvalue weighted by Crippen LogP contribution is -2.48. The Bertz CT molecular complexity index is 789. The van der Waals surface area contributed by atoms with Crippen LogP contribution >= 0.6 is 24.0 Å². The maximum atomic E-state index is 12.1. The van der Waals surface area contributed by atoms with Gasteiger partial charge in [-0.15, -0.1) is 24.0 Å². The summed E-state index contributed by atoms with van der Waals surface area (Å²) in [5, 5.41) is 22.1. The maximum absolute atomic E-state index is 12.1. The number of aromatic hydroxyl groups is 1. The molecule has 1 saturated carbocycles. The number of phenols is 1. The van der Waals surface area contributed by atoms with Crippen molar-refractivity contribution in [2.75, 3.05) is 19.6 Å².